The Morgan fingerprint density at radius 3 is 1.69 bits per heavy atom. The van der Waals surface area contributed by atoms with E-state index >= 15 is 0 Å². The van der Waals surface area contributed by atoms with Crippen molar-refractivity contribution in [1.29, 1.82) is 0 Å². The van der Waals surface area contributed by atoms with Gasteiger partial charge in [-0.25, -0.2) is 0 Å². The van der Waals surface area contributed by atoms with Crippen molar-refractivity contribution in [2.45, 2.75) is 33.1 Å². The van der Waals surface area contributed by atoms with Gasteiger partial charge in [0.15, 0.2) is 0 Å². The number of hydrogen-bond acceptors (Lipinski definition) is 4. The standard InChI is InChI=1S/C37H32N4Si/c1-25-15-17-30-31-18-16-27(20-33(31)37(3,4)32(30)19-25)34-22-41-36(24-39-34)42(28-11-7-5-8-12-28,29-13-9-6-10-14-29)35-23-38-26(2)21-40-35/h5-24H,1-4H3. The molecule has 0 radical (unpaired) electrons. The zero-order chi connectivity index (χ0) is 28.9. The minimum Gasteiger partial charge on any atom is -0.261 e. The van der Waals surface area contributed by atoms with Crippen LogP contribution in [0.1, 0.15) is 36.2 Å². The van der Waals surface area contributed by atoms with Crippen molar-refractivity contribution >= 4 is 29.1 Å². The minimum absolute atomic E-state index is 0.0765. The lowest BCUT2D eigenvalue weighted by molar-refractivity contribution is 0.660. The highest BCUT2D eigenvalue weighted by atomic mass is 28.3. The Labute approximate surface area is 248 Å². The Morgan fingerprint density at radius 2 is 1.12 bits per heavy atom. The molecular weight excluding hydrogens is 529 g/mol. The van der Waals surface area contributed by atoms with Crippen LogP contribution in [0.25, 0.3) is 22.4 Å². The number of rotatable bonds is 5. The third-order valence-electron chi connectivity index (χ3n) is 8.74. The van der Waals surface area contributed by atoms with E-state index in [1.807, 2.05) is 31.7 Å². The molecule has 6 aromatic rings. The maximum atomic E-state index is 5.19. The fourth-order valence-electron chi connectivity index (χ4n) is 6.53. The molecule has 0 amide bonds. The molecule has 7 rings (SSSR count). The second kappa shape index (κ2) is 9.96. The summed E-state index contributed by atoms with van der Waals surface area (Å²) in [5, 5.41) is 4.28. The lowest BCUT2D eigenvalue weighted by Gasteiger charge is -2.31. The van der Waals surface area contributed by atoms with E-state index in [9.17, 15) is 0 Å². The maximum Gasteiger partial charge on any atom is 0.227 e. The van der Waals surface area contributed by atoms with Gasteiger partial charge in [-0.05, 0) is 52.5 Å². The summed E-state index contributed by atoms with van der Waals surface area (Å²) in [7, 11) is -2.88. The van der Waals surface area contributed by atoms with E-state index in [1.54, 1.807) is 0 Å². The SMILES string of the molecule is Cc1ccc2c(c1)C(C)(C)c1cc(-c3cnc([Si](c4ccccc4)(c4ccccc4)c4cnc(C)cn4)cn3)ccc1-2. The molecule has 0 spiro atoms. The summed E-state index contributed by atoms with van der Waals surface area (Å²) in [4.78, 5) is 19.9. The highest BCUT2D eigenvalue weighted by Crippen LogP contribution is 2.49. The molecule has 2 aromatic heterocycles. The molecule has 4 nitrogen and oxygen atoms in total. The minimum atomic E-state index is -2.88. The van der Waals surface area contributed by atoms with Crippen LogP contribution in [0, 0.1) is 13.8 Å². The van der Waals surface area contributed by atoms with Crippen LogP contribution in [-0.4, -0.2) is 28.0 Å². The Morgan fingerprint density at radius 1 is 0.548 bits per heavy atom. The van der Waals surface area contributed by atoms with Gasteiger partial charge in [0.2, 0.25) is 8.07 Å². The fourth-order valence-corrected chi connectivity index (χ4v) is 10.7. The molecule has 0 saturated carbocycles. The quantitative estimate of drug-likeness (QED) is 0.271. The van der Waals surface area contributed by atoms with Crippen molar-refractivity contribution in [3.8, 4) is 22.4 Å². The lowest BCUT2D eigenvalue weighted by Crippen LogP contribution is -2.76. The number of aryl methyl sites for hydroxylation is 2. The normalized spacial score (nSPS) is 13.4. The van der Waals surface area contributed by atoms with Crippen molar-refractivity contribution < 1.29 is 0 Å². The third-order valence-corrected chi connectivity index (χ3v) is 13.2. The van der Waals surface area contributed by atoms with Gasteiger partial charge >= 0.3 is 0 Å². The van der Waals surface area contributed by atoms with Gasteiger partial charge in [0.05, 0.1) is 28.2 Å². The van der Waals surface area contributed by atoms with Gasteiger partial charge in [0.1, 0.15) is 0 Å². The summed E-state index contributed by atoms with van der Waals surface area (Å²) in [6, 6.07) is 34.8. The van der Waals surface area contributed by atoms with Crippen LogP contribution in [0.4, 0.5) is 0 Å². The average molecular weight is 561 g/mol. The van der Waals surface area contributed by atoms with Crippen LogP contribution in [0.15, 0.2) is 122 Å². The van der Waals surface area contributed by atoms with Crippen molar-refractivity contribution in [3.05, 3.63) is 144 Å². The van der Waals surface area contributed by atoms with Crippen LogP contribution >= 0.6 is 0 Å². The molecule has 0 fully saturated rings. The number of fused-ring (bicyclic) bond motifs is 3. The monoisotopic (exact) mass is 560 g/mol. The summed E-state index contributed by atoms with van der Waals surface area (Å²) in [6.07, 6.45) is 7.70. The Kier molecular flexibility index (Phi) is 6.21. The van der Waals surface area contributed by atoms with Crippen molar-refractivity contribution in [3.63, 3.8) is 0 Å². The van der Waals surface area contributed by atoms with E-state index in [4.69, 9.17) is 15.0 Å². The van der Waals surface area contributed by atoms with E-state index in [-0.39, 0.29) is 5.41 Å². The van der Waals surface area contributed by atoms with Gasteiger partial charge < -0.3 is 0 Å². The number of nitrogens with zero attached hydrogens (tertiary/aromatic N) is 4. The van der Waals surface area contributed by atoms with Gasteiger partial charge in [-0.3, -0.25) is 19.9 Å². The second-order valence-corrected chi connectivity index (χ2v) is 15.4. The van der Waals surface area contributed by atoms with Crippen LogP contribution in [0.2, 0.25) is 0 Å². The van der Waals surface area contributed by atoms with Gasteiger partial charge in [0, 0.05) is 29.6 Å². The van der Waals surface area contributed by atoms with E-state index in [0.29, 0.717) is 0 Å². The van der Waals surface area contributed by atoms with E-state index in [1.165, 1.54) is 38.2 Å². The van der Waals surface area contributed by atoms with Gasteiger partial charge in [-0.15, -0.1) is 0 Å². The first kappa shape index (κ1) is 26.2. The first-order valence-corrected chi connectivity index (χ1v) is 16.4. The summed E-state index contributed by atoms with van der Waals surface area (Å²) in [5.74, 6) is 0. The van der Waals surface area contributed by atoms with Crippen LogP contribution in [0.3, 0.4) is 0 Å². The zero-order valence-corrected chi connectivity index (χ0v) is 25.3. The van der Waals surface area contributed by atoms with Crippen LogP contribution in [0.5, 0.6) is 0 Å². The van der Waals surface area contributed by atoms with Crippen LogP contribution in [-0.2, 0) is 5.41 Å². The predicted molar refractivity (Wildman–Crippen MR) is 174 cm³/mol. The first-order valence-electron chi connectivity index (χ1n) is 14.4. The molecule has 1 aliphatic rings. The molecule has 2 heterocycles. The maximum absolute atomic E-state index is 5.19. The van der Waals surface area contributed by atoms with E-state index in [2.05, 4.69) is 123 Å². The summed E-state index contributed by atoms with van der Waals surface area (Å²) in [5.41, 5.74) is 9.40. The molecule has 42 heavy (non-hydrogen) atoms. The Balaban J connectivity index is 1.38. The molecule has 0 saturated heterocycles. The second-order valence-electron chi connectivity index (χ2n) is 11.7. The van der Waals surface area contributed by atoms with Crippen molar-refractivity contribution in [2.24, 2.45) is 0 Å². The highest BCUT2D eigenvalue weighted by Gasteiger charge is 2.45. The molecule has 1 aliphatic carbocycles. The van der Waals surface area contributed by atoms with Crippen LogP contribution < -0.4 is 21.0 Å². The van der Waals surface area contributed by atoms with Gasteiger partial charge in [0.25, 0.3) is 0 Å². The molecule has 204 valence electrons. The molecular formula is C37H32N4Si. The molecule has 5 heteroatoms. The smallest absolute Gasteiger partial charge is 0.227 e. The highest BCUT2D eigenvalue weighted by molar-refractivity contribution is 7.19. The first-order chi connectivity index (χ1) is 20.4. The lowest BCUT2D eigenvalue weighted by atomic mass is 9.81. The number of aromatic nitrogens is 4. The van der Waals surface area contributed by atoms with Crippen molar-refractivity contribution in [1.82, 2.24) is 19.9 Å². The Bertz CT molecular complexity index is 1860. The molecule has 0 unspecified atom stereocenters. The number of hydrogen-bond donors (Lipinski definition) is 0. The third kappa shape index (κ3) is 4.04. The van der Waals surface area contributed by atoms with Gasteiger partial charge in [-0.1, -0.05) is 110 Å². The summed E-state index contributed by atoms with van der Waals surface area (Å²) < 4.78 is 0. The summed E-state index contributed by atoms with van der Waals surface area (Å²) >= 11 is 0. The molecule has 0 aliphatic heterocycles. The van der Waals surface area contributed by atoms with E-state index in [0.717, 1.165) is 27.6 Å². The zero-order valence-electron chi connectivity index (χ0n) is 24.3. The molecule has 0 bridgehead atoms. The average Bonchev–Trinajstić information content (AvgIpc) is 3.25. The van der Waals surface area contributed by atoms with Gasteiger partial charge in [-0.2, -0.15) is 0 Å². The largest absolute Gasteiger partial charge is 0.261 e. The number of benzene rings is 4. The van der Waals surface area contributed by atoms with E-state index < -0.39 is 8.07 Å². The van der Waals surface area contributed by atoms with Crippen molar-refractivity contribution in [2.75, 3.05) is 0 Å². The fraction of sp³-hybridized carbons (Fsp3) is 0.135. The molecule has 4 aromatic carbocycles. The molecule has 0 atom stereocenters. The predicted octanol–water partition coefficient (Wildman–Crippen LogP) is 5.23. The molecule has 0 N–H and O–H groups in total. The Hall–Kier alpha value is -4.74. The topological polar surface area (TPSA) is 51.6 Å². The summed E-state index contributed by atoms with van der Waals surface area (Å²) in [6.45, 7) is 8.77.